The summed E-state index contributed by atoms with van der Waals surface area (Å²) < 4.78 is 0. The van der Waals surface area contributed by atoms with Gasteiger partial charge >= 0.3 is 0 Å². The van der Waals surface area contributed by atoms with E-state index >= 15 is 0 Å². The second-order valence-corrected chi connectivity index (χ2v) is 8.49. The molecule has 29 heavy (non-hydrogen) atoms. The average Bonchev–Trinajstić information content (AvgIpc) is 3.47. The van der Waals surface area contributed by atoms with Gasteiger partial charge in [-0.2, -0.15) is 0 Å². The molecule has 0 radical (unpaired) electrons. The molecule has 2 fully saturated rings. The summed E-state index contributed by atoms with van der Waals surface area (Å²) in [7, 11) is 0. The molecule has 2 unspecified atom stereocenters. The van der Waals surface area contributed by atoms with Gasteiger partial charge in [0.1, 0.15) is 11.5 Å². The first-order valence-corrected chi connectivity index (χ1v) is 10.7. The van der Waals surface area contributed by atoms with Crippen molar-refractivity contribution in [3.8, 4) is 0 Å². The van der Waals surface area contributed by atoms with E-state index in [1.54, 1.807) is 6.08 Å². The number of hydrogen-bond acceptors (Lipinski definition) is 4. The summed E-state index contributed by atoms with van der Waals surface area (Å²) in [6.07, 6.45) is 11.0. The summed E-state index contributed by atoms with van der Waals surface area (Å²) in [5, 5.41) is 4.66. The number of aliphatic imine (C=N–C) groups is 1. The Kier molecular flexibility index (Phi) is 5.46. The van der Waals surface area contributed by atoms with Crippen LogP contribution in [0.4, 0.5) is 5.69 Å². The van der Waals surface area contributed by atoms with Crippen LogP contribution in [0.2, 0.25) is 0 Å². The van der Waals surface area contributed by atoms with Gasteiger partial charge < -0.3 is 20.9 Å². The molecule has 4 rings (SSSR count). The Hall–Kier alpha value is -2.60. The number of amidine groups is 1. The van der Waals surface area contributed by atoms with Crippen molar-refractivity contribution < 1.29 is 0 Å². The number of anilines is 1. The Morgan fingerprint density at radius 1 is 1.48 bits per heavy atom. The Labute approximate surface area is 173 Å². The van der Waals surface area contributed by atoms with Crippen LogP contribution in [0, 0.1) is 11.3 Å². The zero-order chi connectivity index (χ0) is 20.4. The highest BCUT2D eigenvalue weighted by Crippen LogP contribution is 2.41. The van der Waals surface area contributed by atoms with Crippen molar-refractivity contribution in [2.75, 3.05) is 31.1 Å². The van der Waals surface area contributed by atoms with Crippen LogP contribution in [-0.2, 0) is 0 Å². The van der Waals surface area contributed by atoms with Gasteiger partial charge in [-0.25, -0.2) is 9.98 Å². The molecule has 6 nitrogen and oxygen atoms in total. The molecule has 6 heteroatoms. The Balaban J connectivity index is 1.76. The molecule has 2 aromatic rings. The number of fused-ring (bicyclic) bond motifs is 1. The summed E-state index contributed by atoms with van der Waals surface area (Å²) in [4.78, 5) is 15.2. The Morgan fingerprint density at radius 2 is 2.34 bits per heavy atom. The lowest BCUT2D eigenvalue weighted by atomic mass is 9.86. The van der Waals surface area contributed by atoms with E-state index in [4.69, 9.17) is 10.7 Å². The van der Waals surface area contributed by atoms with Gasteiger partial charge in [-0.05, 0) is 37.9 Å². The van der Waals surface area contributed by atoms with Crippen LogP contribution in [0.15, 0.2) is 42.2 Å². The molecule has 4 N–H and O–H groups in total. The van der Waals surface area contributed by atoms with Crippen molar-refractivity contribution in [1.29, 1.82) is 0 Å². The van der Waals surface area contributed by atoms with Crippen LogP contribution in [0.1, 0.15) is 38.7 Å². The molecule has 4 heterocycles. The quantitative estimate of drug-likeness (QED) is 0.398. The molecular formula is C23H32N6. The number of hydrogen-bond donors (Lipinski definition) is 3. The molecule has 1 spiro atoms. The van der Waals surface area contributed by atoms with Gasteiger partial charge in [-0.15, -0.1) is 0 Å². The number of allylic oxidation sites excluding steroid dienone is 2. The normalized spacial score (nSPS) is 24.0. The fourth-order valence-corrected chi connectivity index (χ4v) is 4.55. The number of nitrogens with two attached hydrogens (primary N) is 1. The van der Waals surface area contributed by atoms with Crippen LogP contribution >= 0.6 is 0 Å². The van der Waals surface area contributed by atoms with E-state index in [-0.39, 0.29) is 5.92 Å². The number of aromatic amines is 1. The van der Waals surface area contributed by atoms with Crippen LogP contribution in [0.3, 0.4) is 0 Å². The number of pyridine rings is 1. The van der Waals surface area contributed by atoms with E-state index in [0.29, 0.717) is 11.3 Å². The zero-order valence-electron chi connectivity index (χ0n) is 17.5. The molecule has 0 aliphatic carbocycles. The number of H-pyrrole nitrogens is 1. The topological polar surface area (TPSA) is 82.3 Å². The Morgan fingerprint density at radius 3 is 3.07 bits per heavy atom. The molecule has 2 atom stereocenters. The maximum Gasteiger partial charge on any atom is 0.140 e. The van der Waals surface area contributed by atoms with Crippen molar-refractivity contribution in [3.05, 3.63) is 42.8 Å². The summed E-state index contributed by atoms with van der Waals surface area (Å²) >= 11 is 0. The minimum atomic E-state index is 0.235. The van der Waals surface area contributed by atoms with Crippen LogP contribution in [0.25, 0.3) is 16.7 Å². The van der Waals surface area contributed by atoms with Gasteiger partial charge in [0, 0.05) is 48.9 Å². The Bertz CT molecular complexity index is 947. The second-order valence-electron chi connectivity index (χ2n) is 8.49. The second kappa shape index (κ2) is 8.03. The third kappa shape index (κ3) is 3.69. The van der Waals surface area contributed by atoms with Crippen molar-refractivity contribution in [2.45, 2.75) is 33.1 Å². The maximum atomic E-state index is 6.28. The highest BCUT2D eigenvalue weighted by Gasteiger charge is 2.40. The van der Waals surface area contributed by atoms with Gasteiger partial charge in [-0.3, -0.25) is 0 Å². The van der Waals surface area contributed by atoms with Gasteiger partial charge in [0.05, 0.1) is 16.8 Å². The van der Waals surface area contributed by atoms with E-state index in [9.17, 15) is 0 Å². The van der Waals surface area contributed by atoms with Crippen molar-refractivity contribution in [2.24, 2.45) is 22.1 Å². The summed E-state index contributed by atoms with van der Waals surface area (Å²) in [6, 6.07) is 2.13. The van der Waals surface area contributed by atoms with Crippen molar-refractivity contribution >= 4 is 28.3 Å². The van der Waals surface area contributed by atoms with Gasteiger partial charge in [0.25, 0.3) is 0 Å². The lowest BCUT2D eigenvalue weighted by molar-refractivity contribution is 0.369. The number of nitrogens with one attached hydrogen (secondary N) is 2. The molecule has 0 amide bonds. The highest BCUT2D eigenvalue weighted by molar-refractivity contribution is 6.01. The van der Waals surface area contributed by atoms with Gasteiger partial charge in [0.15, 0.2) is 0 Å². The summed E-state index contributed by atoms with van der Waals surface area (Å²) in [5.41, 5.74) is 10.7. The standard InChI is InChI=1S/C23H32N6/c1-4-6-18(28-21(24)16(3)5-2)17-13-27-22-20(17)19(7-10-26-22)29-12-9-23(15-29)8-11-25-14-23/h4,6-7,10,13,16,25H,1,5,8-9,11-12,14-15H2,2-3H3,(H2,24,28)(H,26,27)/b18-6-. The molecular weight excluding hydrogens is 360 g/mol. The molecule has 2 aliphatic heterocycles. The highest BCUT2D eigenvalue weighted by atomic mass is 15.2. The van der Waals surface area contributed by atoms with E-state index in [1.165, 1.54) is 18.5 Å². The summed E-state index contributed by atoms with van der Waals surface area (Å²) in [5.74, 6) is 0.886. The monoisotopic (exact) mass is 392 g/mol. The van der Waals surface area contributed by atoms with Crippen molar-refractivity contribution in [1.82, 2.24) is 15.3 Å². The molecule has 0 saturated carbocycles. The fourth-order valence-electron chi connectivity index (χ4n) is 4.55. The lowest BCUT2D eigenvalue weighted by Crippen LogP contribution is -2.29. The third-order valence-corrected chi connectivity index (χ3v) is 6.58. The first kappa shape index (κ1) is 19.7. The number of nitrogens with zero attached hydrogens (tertiary/aromatic N) is 3. The number of aromatic nitrogens is 2. The fraction of sp³-hybridized carbons (Fsp3) is 0.478. The van der Waals surface area contributed by atoms with E-state index in [0.717, 1.165) is 54.9 Å². The van der Waals surface area contributed by atoms with E-state index < -0.39 is 0 Å². The first-order chi connectivity index (χ1) is 14.1. The summed E-state index contributed by atoms with van der Waals surface area (Å²) in [6.45, 7) is 12.5. The zero-order valence-corrected chi connectivity index (χ0v) is 17.5. The molecule has 2 aromatic heterocycles. The average molecular weight is 393 g/mol. The minimum Gasteiger partial charge on any atom is -0.387 e. The van der Waals surface area contributed by atoms with Gasteiger partial charge in [0.2, 0.25) is 0 Å². The van der Waals surface area contributed by atoms with Gasteiger partial charge in [-0.1, -0.05) is 26.5 Å². The molecule has 0 bridgehead atoms. The van der Waals surface area contributed by atoms with Crippen LogP contribution < -0.4 is 16.0 Å². The van der Waals surface area contributed by atoms with Crippen molar-refractivity contribution in [3.63, 3.8) is 0 Å². The smallest absolute Gasteiger partial charge is 0.140 e. The molecule has 2 aliphatic rings. The third-order valence-electron chi connectivity index (χ3n) is 6.58. The molecule has 0 aromatic carbocycles. The predicted molar refractivity (Wildman–Crippen MR) is 122 cm³/mol. The lowest BCUT2D eigenvalue weighted by Gasteiger charge is -2.24. The SMILES string of the molecule is C=C/C=C(\N=C(N)C(C)CC)c1c[nH]c2nccc(N3CCC4(CCNC4)C3)c12. The van der Waals surface area contributed by atoms with E-state index in [1.807, 2.05) is 18.5 Å². The largest absolute Gasteiger partial charge is 0.387 e. The minimum absolute atomic E-state index is 0.235. The van der Waals surface area contributed by atoms with Crippen LogP contribution in [-0.4, -0.2) is 42.0 Å². The predicted octanol–water partition coefficient (Wildman–Crippen LogP) is 3.68. The van der Waals surface area contributed by atoms with Crippen LogP contribution in [0.5, 0.6) is 0 Å². The first-order valence-electron chi connectivity index (χ1n) is 10.7. The molecule has 154 valence electrons. The van der Waals surface area contributed by atoms with E-state index in [2.05, 4.69) is 46.7 Å². The molecule has 2 saturated heterocycles. The maximum absolute atomic E-state index is 6.28. The number of rotatable bonds is 6.